The standard InChI is InChI=1S/C22H21Cl2N5O4S2/c1-4-8-29-19(13-7-6-12(23)9-14(13)24)27-28-22(29)34-10-15(30)26-20-16(21(32)33-5-2)11(3)17(35-20)18(25)31/h4,6-7,9H,1,5,8,10H2,2-3H3,(H2,25,31)(H,26,30). The van der Waals surface area contributed by atoms with Gasteiger partial charge in [-0.05, 0) is 37.6 Å². The summed E-state index contributed by atoms with van der Waals surface area (Å²) in [6, 6.07) is 5.04. The summed E-state index contributed by atoms with van der Waals surface area (Å²) in [4.78, 5) is 37.1. The topological polar surface area (TPSA) is 129 Å². The number of nitrogens with one attached hydrogen (secondary N) is 1. The minimum absolute atomic E-state index is 0.0469. The molecule has 0 bridgehead atoms. The van der Waals surface area contributed by atoms with Gasteiger partial charge in [-0.3, -0.25) is 14.2 Å². The van der Waals surface area contributed by atoms with Crippen LogP contribution in [0.15, 0.2) is 36.0 Å². The summed E-state index contributed by atoms with van der Waals surface area (Å²) in [7, 11) is 0. The SMILES string of the molecule is C=CCn1c(SCC(=O)Nc2sc(C(N)=O)c(C)c2C(=O)OCC)nnc1-c1ccc(Cl)cc1Cl. The summed E-state index contributed by atoms with van der Waals surface area (Å²) in [5, 5.41) is 12.7. The molecular weight excluding hydrogens is 533 g/mol. The Bertz CT molecular complexity index is 1310. The van der Waals surface area contributed by atoms with E-state index in [0.29, 0.717) is 38.7 Å². The highest BCUT2D eigenvalue weighted by atomic mass is 35.5. The van der Waals surface area contributed by atoms with Gasteiger partial charge in [0.15, 0.2) is 11.0 Å². The Kier molecular flexibility index (Phi) is 8.95. The van der Waals surface area contributed by atoms with E-state index in [0.717, 1.165) is 23.1 Å². The first-order valence-electron chi connectivity index (χ1n) is 10.2. The minimum atomic E-state index is -0.696. The van der Waals surface area contributed by atoms with E-state index in [-0.39, 0.29) is 27.8 Å². The van der Waals surface area contributed by atoms with Gasteiger partial charge in [-0.2, -0.15) is 0 Å². The number of allylic oxidation sites excluding steroid dienone is 1. The molecule has 0 saturated heterocycles. The lowest BCUT2D eigenvalue weighted by molar-refractivity contribution is -0.113. The van der Waals surface area contributed by atoms with Crippen LogP contribution in [-0.4, -0.2) is 44.9 Å². The number of thioether (sulfide) groups is 1. The molecule has 0 saturated carbocycles. The van der Waals surface area contributed by atoms with Crippen LogP contribution in [0, 0.1) is 6.92 Å². The van der Waals surface area contributed by atoms with E-state index in [1.807, 2.05) is 0 Å². The third-order valence-electron chi connectivity index (χ3n) is 4.64. The van der Waals surface area contributed by atoms with Crippen molar-refractivity contribution >= 4 is 69.1 Å². The van der Waals surface area contributed by atoms with Gasteiger partial charge < -0.3 is 15.8 Å². The zero-order chi connectivity index (χ0) is 25.7. The molecule has 0 fully saturated rings. The molecule has 35 heavy (non-hydrogen) atoms. The Morgan fingerprint density at radius 2 is 2.06 bits per heavy atom. The van der Waals surface area contributed by atoms with Gasteiger partial charge >= 0.3 is 5.97 Å². The molecule has 0 unspecified atom stereocenters. The minimum Gasteiger partial charge on any atom is -0.462 e. The van der Waals surface area contributed by atoms with Gasteiger partial charge in [0.25, 0.3) is 5.91 Å². The summed E-state index contributed by atoms with van der Waals surface area (Å²) in [5.74, 6) is -1.31. The van der Waals surface area contributed by atoms with Crippen molar-refractivity contribution in [2.24, 2.45) is 5.73 Å². The van der Waals surface area contributed by atoms with Crippen LogP contribution in [0.3, 0.4) is 0 Å². The molecular formula is C22H21Cl2N5O4S2. The average molecular weight is 554 g/mol. The van der Waals surface area contributed by atoms with Crippen LogP contribution in [0.4, 0.5) is 5.00 Å². The van der Waals surface area contributed by atoms with Crippen LogP contribution in [0.5, 0.6) is 0 Å². The van der Waals surface area contributed by atoms with Crippen molar-refractivity contribution in [1.29, 1.82) is 0 Å². The molecule has 1 aromatic carbocycles. The molecule has 0 spiro atoms. The third kappa shape index (κ3) is 6.04. The van der Waals surface area contributed by atoms with Crippen LogP contribution in [0.2, 0.25) is 10.0 Å². The summed E-state index contributed by atoms with van der Waals surface area (Å²) in [5.41, 5.74) is 6.51. The van der Waals surface area contributed by atoms with Crippen LogP contribution in [-0.2, 0) is 16.1 Å². The fourth-order valence-electron chi connectivity index (χ4n) is 3.14. The number of carbonyl (C=O) groups is 3. The number of carbonyl (C=O) groups excluding carboxylic acids is 3. The number of primary amides is 1. The molecule has 0 aliphatic carbocycles. The number of halogens is 2. The van der Waals surface area contributed by atoms with Crippen molar-refractivity contribution in [3.63, 3.8) is 0 Å². The number of nitrogens with zero attached hydrogens (tertiary/aromatic N) is 3. The average Bonchev–Trinajstić information content (AvgIpc) is 3.33. The quantitative estimate of drug-likeness (QED) is 0.209. The number of benzene rings is 1. The van der Waals surface area contributed by atoms with Crippen molar-refractivity contribution in [2.45, 2.75) is 25.5 Å². The van der Waals surface area contributed by atoms with Gasteiger partial charge in [-0.15, -0.1) is 28.1 Å². The van der Waals surface area contributed by atoms with Crippen molar-refractivity contribution in [2.75, 3.05) is 17.7 Å². The molecule has 0 aliphatic rings. The number of rotatable bonds is 10. The van der Waals surface area contributed by atoms with E-state index in [4.69, 9.17) is 33.7 Å². The molecule has 0 aliphatic heterocycles. The van der Waals surface area contributed by atoms with Crippen molar-refractivity contribution in [3.05, 3.63) is 56.9 Å². The summed E-state index contributed by atoms with van der Waals surface area (Å²) in [6.45, 7) is 7.53. The highest BCUT2D eigenvalue weighted by molar-refractivity contribution is 7.99. The van der Waals surface area contributed by atoms with Crippen LogP contribution in [0.25, 0.3) is 11.4 Å². The maximum Gasteiger partial charge on any atom is 0.341 e. The highest BCUT2D eigenvalue weighted by Crippen LogP contribution is 2.34. The first kappa shape index (κ1) is 26.7. The zero-order valence-electron chi connectivity index (χ0n) is 18.8. The number of hydrogen-bond donors (Lipinski definition) is 2. The molecule has 3 aromatic rings. The van der Waals surface area contributed by atoms with Crippen LogP contribution < -0.4 is 11.1 Å². The highest BCUT2D eigenvalue weighted by Gasteiger charge is 2.26. The largest absolute Gasteiger partial charge is 0.462 e. The molecule has 13 heteroatoms. The lowest BCUT2D eigenvalue weighted by atomic mass is 10.1. The second-order valence-electron chi connectivity index (χ2n) is 7.01. The summed E-state index contributed by atoms with van der Waals surface area (Å²) < 4.78 is 6.84. The Balaban J connectivity index is 1.81. The van der Waals surface area contributed by atoms with Gasteiger partial charge in [0.05, 0.1) is 27.8 Å². The Morgan fingerprint density at radius 3 is 2.69 bits per heavy atom. The van der Waals surface area contributed by atoms with E-state index in [1.54, 1.807) is 42.7 Å². The van der Waals surface area contributed by atoms with E-state index in [2.05, 4.69) is 22.1 Å². The summed E-state index contributed by atoms with van der Waals surface area (Å²) in [6.07, 6.45) is 1.67. The van der Waals surface area contributed by atoms with Crippen LogP contribution >= 0.6 is 46.3 Å². The third-order valence-corrected chi connectivity index (χ3v) is 7.37. The number of ether oxygens (including phenoxy) is 1. The van der Waals surface area contributed by atoms with Crippen molar-refractivity contribution < 1.29 is 19.1 Å². The monoisotopic (exact) mass is 553 g/mol. The number of hydrogen-bond acceptors (Lipinski definition) is 8. The van der Waals surface area contributed by atoms with Gasteiger partial charge in [0.1, 0.15) is 5.00 Å². The molecule has 0 atom stereocenters. The smallest absolute Gasteiger partial charge is 0.341 e. The van der Waals surface area contributed by atoms with E-state index in [1.165, 1.54) is 0 Å². The van der Waals surface area contributed by atoms with Crippen molar-refractivity contribution in [1.82, 2.24) is 14.8 Å². The normalized spacial score (nSPS) is 10.7. The number of thiophene rings is 1. The number of nitrogens with two attached hydrogens (primary N) is 1. The van der Waals surface area contributed by atoms with E-state index >= 15 is 0 Å². The van der Waals surface area contributed by atoms with Gasteiger partial charge in [-0.25, -0.2) is 4.79 Å². The molecule has 3 rings (SSSR count). The first-order chi connectivity index (χ1) is 16.7. The van der Waals surface area contributed by atoms with Gasteiger partial charge in [0, 0.05) is 17.1 Å². The molecule has 2 heterocycles. The Hall–Kier alpha value is -2.86. The molecule has 3 N–H and O–H groups in total. The zero-order valence-corrected chi connectivity index (χ0v) is 21.9. The second kappa shape index (κ2) is 11.7. The van der Waals surface area contributed by atoms with E-state index in [9.17, 15) is 14.4 Å². The number of aromatic nitrogens is 3. The fourth-order valence-corrected chi connectivity index (χ4v) is 5.44. The number of esters is 1. The van der Waals surface area contributed by atoms with Gasteiger partial charge in [0.2, 0.25) is 5.91 Å². The molecule has 2 amide bonds. The van der Waals surface area contributed by atoms with E-state index < -0.39 is 17.8 Å². The first-order valence-corrected chi connectivity index (χ1v) is 12.8. The fraction of sp³-hybridized carbons (Fsp3) is 0.227. The Morgan fingerprint density at radius 1 is 1.31 bits per heavy atom. The Labute approximate surface area is 219 Å². The number of amides is 2. The molecule has 2 aromatic heterocycles. The predicted octanol–water partition coefficient (Wildman–Crippen LogP) is 4.81. The second-order valence-corrected chi connectivity index (χ2v) is 9.82. The lowest BCUT2D eigenvalue weighted by Gasteiger charge is -2.09. The lowest BCUT2D eigenvalue weighted by Crippen LogP contribution is -2.17. The maximum atomic E-state index is 12.7. The van der Waals surface area contributed by atoms with Crippen molar-refractivity contribution in [3.8, 4) is 11.4 Å². The van der Waals surface area contributed by atoms with Crippen LogP contribution in [0.1, 0.15) is 32.5 Å². The molecule has 0 radical (unpaired) electrons. The summed E-state index contributed by atoms with van der Waals surface area (Å²) >= 11 is 14.4. The number of anilines is 1. The predicted molar refractivity (Wildman–Crippen MR) is 139 cm³/mol. The molecule has 9 nitrogen and oxygen atoms in total. The van der Waals surface area contributed by atoms with Gasteiger partial charge in [-0.1, -0.05) is 41.0 Å². The molecule has 184 valence electrons. The maximum absolute atomic E-state index is 12.7.